The number of hydrogen-bond acceptors (Lipinski definition) is 4. The van der Waals surface area contributed by atoms with Crippen molar-refractivity contribution in [1.82, 2.24) is 14.7 Å². The molecule has 0 aliphatic carbocycles. The van der Waals surface area contributed by atoms with Crippen LogP contribution in [0.25, 0.3) is 0 Å². The molecule has 0 atom stereocenters. The fourth-order valence-corrected chi connectivity index (χ4v) is 4.74. The maximum absolute atomic E-state index is 13.5. The molecule has 0 saturated heterocycles. The van der Waals surface area contributed by atoms with Gasteiger partial charge in [-0.2, -0.15) is 13.2 Å². The second kappa shape index (κ2) is 11.0. The largest absolute Gasteiger partial charge is 0.416 e. The number of nitrogens with zero attached hydrogens (tertiary/aromatic N) is 3. The molecular formula is C27H37F3N4O. The molecule has 0 spiro atoms. The Kier molecular flexibility index (Phi) is 8.49. The Bertz CT molecular complexity index is 1020. The van der Waals surface area contributed by atoms with Crippen LogP contribution in [0, 0.1) is 0 Å². The topological polar surface area (TPSA) is 38.8 Å². The second-order valence-corrected chi connectivity index (χ2v) is 10.1. The number of hydrogen-bond donors (Lipinski definition) is 1. The lowest BCUT2D eigenvalue weighted by Crippen LogP contribution is -2.42. The Balaban J connectivity index is 1.80. The third-order valence-electron chi connectivity index (χ3n) is 6.64. The molecule has 0 radical (unpaired) electrons. The molecule has 0 unspecified atom stereocenters. The van der Waals surface area contributed by atoms with Gasteiger partial charge in [-0.15, -0.1) is 0 Å². The lowest BCUT2D eigenvalue weighted by Gasteiger charge is -2.40. The van der Waals surface area contributed by atoms with E-state index >= 15 is 0 Å². The molecule has 1 N–H and O–H groups in total. The summed E-state index contributed by atoms with van der Waals surface area (Å²) in [5.74, 6) is -0.233. The Morgan fingerprint density at radius 2 is 1.80 bits per heavy atom. The highest BCUT2D eigenvalue weighted by Gasteiger charge is 2.34. The molecule has 5 nitrogen and oxygen atoms in total. The van der Waals surface area contributed by atoms with Crippen molar-refractivity contribution >= 4 is 11.6 Å². The molecule has 0 bridgehead atoms. The van der Waals surface area contributed by atoms with Crippen LogP contribution in [0.5, 0.6) is 0 Å². The number of anilines is 1. The zero-order valence-corrected chi connectivity index (χ0v) is 21.4. The van der Waals surface area contributed by atoms with Crippen LogP contribution in [0.3, 0.4) is 0 Å². The number of carbonyl (C=O) groups is 1. The van der Waals surface area contributed by atoms with Gasteiger partial charge in [0.15, 0.2) is 0 Å². The van der Waals surface area contributed by atoms with Gasteiger partial charge in [-0.05, 0) is 49.5 Å². The Morgan fingerprint density at radius 3 is 2.46 bits per heavy atom. The van der Waals surface area contributed by atoms with Gasteiger partial charge in [-0.25, -0.2) is 0 Å². The van der Waals surface area contributed by atoms with E-state index < -0.39 is 11.7 Å². The molecule has 35 heavy (non-hydrogen) atoms. The summed E-state index contributed by atoms with van der Waals surface area (Å²) in [5, 5.41) is 3.30. The van der Waals surface area contributed by atoms with E-state index in [9.17, 15) is 18.0 Å². The summed E-state index contributed by atoms with van der Waals surface area (Å²) in [7, 11) is 3.75. The van der Waals surface area contributed by atoms with Gasteiger partial charge in [0, 0.05) is 43.8 Å². The minimum Gasteiger partial charge on any atom is -0.376 e. The van der Waals surface area contributed by atoms with Crippen molar-refractivity contribution in [3.8, 4) is 0 Å². The molecule has 1 amide bonds. The molecule has 3 rings (SSSR count). The monoisotopic (exact) mass is 490 g/mol. The van der Waals surface area contributed by atoms with Crippen LogP contribution < -0.4 is 5.32 Å². The summed E-state index contributed by atoms with van der Waals surface area (Å²) in [5.41, 5.74) is 2.75. The van der Waals surface area contributed by atoms with Crippen LogP contribution in [-0.4, -0.2) is 67.4 Å². The van der Waals surface area contributed by atoms with E-state index in [1.54, 1.807) is 6.07 Å². The number of halogens is 3. The zero-order valence-electron chi connectivity index (χ0n) is 21.4. The summed E-state index contributed by atoms with van der Waals surface area (Å²) in [6, 6.07) is 11.6. The molecule has 1 aliphatic heterocycles. The van der Waals surface area contributed by atoms with Gasteiger partial charge in [0.25, 0.3) is 0 Å². The first-order chi connectivity index (χ1) is 16.4. The highest BCUT2D eigenvalue weighted by Crippen LogP contribution is 2.37. The molecule has 192 valence electrons. The fourth-order valence-electron chi connectivity index (χ4n) is 4.74. The van der Waals surface area contributed by atoms with E-state index in [1.807, 2.05) is 31.1 Å². The van der Waals surface area contributed by atoms with Crippen LogP contribution in [0.1, 0.15) is 43.0 Å². The van der Waals surface area contributed by atoms with Crippen molar-refractivity contribution in [3.63, 3.8) is 0 Å². The molecule has 0 saturated carbocycles. The predicted molar refractivity (Wildman–Crippen MR) is 134 cm³/mol. The van der Waals surface area contributed by atoms with E-state index in [0.717, 1.165) is 31.4 Å². The number of amides is 1. The molecule has 0 fully saturated rings. The Hall–Kier alpha value is -2.58. The summed E-state index contributed by atoms with van der Waals surface area (Å²) in [6.07, 6.45) is -4.47. The summed E-state index contributed by atoms with van der Waals surface area (Å²) in [6.45, 7) is 10.1. The Labute approximate surface area is 206 Å². The number of fused-ring (bicyclic) bond motifs is 1. The summed E-state index contributed by atoms with van der Waals surface area (Å²) >= 11 is 0. The summed E-state index contributed by atoms with van der Waals surface area (Å²) in [4.78, 5) is 19.1. The molecule has 2 aromatic carbocycles. The first-order valence-corrected chi connectivity index (χ1v) is 12.1. The van der Waals surface area contributed by atoms with Crippen LogP contribution in [0.2, 0.25) is 0 Å². The van der Waals surface area contributed by atoms with Gasteiger partial charge < -0.3 is 15.1 Å². The lowest BCUT2D eigenvalue weighted by molar-refractivity contribution is -0.139. The molecule has 1 aliphatic rings. The van der Waals surface area contributed by atoms with Gasteiger partial charge in [-0.1, -0.05) is 51.1 Å². The van der Waals surface area contributed by atoms with Gasteiger partial charge >= 0.3 is 6.18 Å². The molecule has 1 heterocycles. The van der Waals surface area contributed by atoms with Gasteiger partial charge in [0.1, 0.15) is 0 Å². The van der Waals surface area contributed by atoms with E-state index in [1.165, 1.54) is 28.2 Å². The number of carbonyl (C=O) groups excluding carboxylic acids is 1. The van der Waals surface area contributed by atoms with Crippen molar-refractivity contribution in [3.05, 3.63) is 64.7 Å². The third kappa shape index (κ3) is 6.76. The SMILES string of the molecule is CCN1Cc2c(NCC(=O)N(CCN(C)C)Cc3ccccc3C(F)(F)F)cccc2C(C)(C)C1. The van der Waals surface area contributed by atoms with Crippen molar-refractivity contribution in [2.75, 3.05) is 52.1 Å². The van der Waals surface area contributed by atoms with Gasteiger partial charge in [0.05, 0.1) is 12.1 Å². The predicted octanol–water partition coefficient (Wildman–Crippen LogP) is 4.82. The number of alkyl halides is 3. The highest BCUT2D eigenvalue weighted by atomic mass is 19.4. The minimum absolute atomic E-state index is 0.00958. The van der Waals surface area contributed by atoms with Crippen LogP contribution in [-0.2, 0) is 29.5 Å². The van der Waals surface area contributed by atoms with Gasteiger partial charge in [-0.3, -0.25) is 9.69 Å². The number of benzene rings is 2. The smallest absolute Gasteiger partial charge is 0.376 e. The average Bonchev–Trinajstić information content (AvgIpc) is 2.79. The van der Waals surface area contributed by atoms with E-state index in [4.69, 9.17) is 0 Å². The van der Waals surface area contributed by atoms with E-state index in [2.05, 4.69) is 37.1 Å². The standard InChI is InChI=1S/C27H37F3N4O/c1-6-33-18-21-23(26(2,3)19-33)12-9-13-24(21)31-16-25(35)34(15-14-32(4)5)17-20-10-7-8-11-22(20)27(28,29)30/h7-13,31H,6,14-19H2,1-5H3. The summed E-state index contributed by atoms with van der Waals surface area (Å²) < 4.78 is 40.6. The third-order valence-corrected chi connectivity index (χ3v) is 6.64. The van der Waals surface area contributed by atoms with Crippen molar-refractivity contribution in [1.29, 1.82) is 0 Å². The maximum Gasteiger partial charge on any atom is 0.416 e. The van der Waals surface area contributed by atoms with Crippen molar-refractivity contribution in [2.45, 2.75) is 45.5 Å². The van der Waals surface area contributed by atoms with Crippen LogP contribution >= 0.6 is 0 Å². The molecular weight excluding hydrogens is 453 g/mol. The Morgan fingerprint density at radius 1 is 1.09 bits per heavy atom. The van der Waals surface area contributed by atoms with Crippen molar-refractivity contribution < 1.29 is 18.0 Å². The highest BCUT2D eigenvalue weighted by molar-refractivity contribution is 5.81. The molecule has 0 aromatic heterocycles. The zero-order chi connectivity index (χ0) is 25.8. The maximum atomic E-state index is 13.5. The number of nitrogens with one attached hydrogen (secondary N) is 1. The fraction of sp³-hybridized carbons (Fsp3) is 0.519. The molecule has 8 heteroatoms. The first-order valence-electron chi connectivity index (χ1n) is 12.1. The minimum atomic E-state index is -4.47. The quantitative estimate of drug-likeness (QED) is 0.547. The van der Waals surface area contributed by atoms with Crippen molar-refractivity contribution in [2.24, 2.45) is 0 Å². The normalized spacial score (nSPS) is 15.7. The van der Waals surface area contributed by atoms with Gasteiger partial charge in [0.2, 0.25) is 5.91 Å². The van der Waals surface area contributed by atoms with Crippen LogP contribution in [0.15, 0.2) is 42.5 Å². The second-order valence-electron chi connectivity index (χ2n) is 10.1. The van der Waals surface area contributed by atoms with E-state index in [-0.39, 0.29) is 30.0 Å². The number of likely N-dealkylation sites (N-methyl/N-ethyl adjacent to an activating group) is 2. The van der Waals surface area contributed by atoms with Crippen LogP contribution in [0.4, 0.5) is 18.9 Å². The average molecular weight is 491 g/mol. The molecule has 2 aromatic rings. The first kappa shape index (κ1) is 27.0. The van der Waals surface area contributed by atoms with E-state index in [0.29, 0.717) is 13.1 Å². The number of rotatable bonds is 9. The lowest BCUT2D eigenvalue weighted by atomic mass is 9.78.